The summed E-state index contributed by atoms with van der Waals surface area (Å²) in [5, 5.41) is 3.10. The van der Waals surface area contributed by atoms with Crippen LogP contribution in [-0.4, -0.2) is 26.2 Å². The standard InChI is InChI=1S/C14H18F5NO/c1-2-20-12(7-8-21-9-13(15)16)10-3-5-11(6-4-10)14(17,18)19/h3-6,12-13,20H,2,7-9H2,1H3. The maximum atomic E-state index is 12.5. The summed E-state index contributed by atoms with van der Waals surface area (Å²) < 4.78 is 66.1. The van der Waals surface area contributed by atoms with E-state index in [1.54, 1.807) is 0 Å². The molecule has 0 aliphatic heterocycles. The van der Waals surface area contributed by atoms with Crippen molar-refractivity contribution in [1.29, 1.82) is 0 Å². The molecule has 0 aromatic heterocycles. The first-order valence-electron chi connectivity index (χ1n) is 6.61. The van der Waals surface area contributed by atoms with Crippen molar-refractivity contribution in [3.63, 3.8) is 0 Å². The van der Waals surface area contributed by atoms with Gasteiger partial charge in [0, 0.05) is 12.6 Å². The zero-order chi connectivity index (χ0) is 15.9. The highest BCUT2D eigenvalue weighted by Crippen LogP contribution is 2.30. The normalized spacial score (nSPS) is 13.7. The van der Waals surface area contributed by atoms with Crippen molar-refractivity contribution in [3.05, 3.63) is 35.4 Å². The van der Waals surface area contributed by atoms with Crippen LogP contribution < -0.4 is 5.32 Å². The summed E-state index contributed by atoms with van der Waals surface area (Å²) in [4.78, 5) is 0. The molecule has 0 bridgehead atoms. The van der Waals surface area contributed by atoms with E-state index in [1.807, 2.05) is 6.92 Å². The zero-order valence-corrected chi connectivity index (χ0v) is 11.6. The van der Waals surface area contributed by atoms with Crippen LogP contribution in [-0.2, 0) is 10.9 Å². The Morgan fingerprint density at radius 3 is 2.24 bits per heavy atom. The van der Waals surface area contributed by atoms with E-state index in [1.165, 1.54) is 12.1 Å². The molecule has 0 heterocycles. The molecule has 1 aromatic carbocycles. The second-order valence-electron chi connectivity index (χ2n) is 4.48. The van der Waals surface area contributed by atoms with Gasteiger partial charge in [0.2, 0.25) is 0 Å². The van der Waals surface area contributed by atoms with Crippen molar-refractivity contribution in [1.82, 2.24) is 5.32 Å². The topological polar surface area (TPSA) is 21.3 Å². The van der Waals surface area contributed by atoms with Gasteiger partial charge in [-0.05, 0) is 30.7 Å². The molecule has 7 heteroatoms. The highest BCUT2D eigenvalue weighted by Gasteiger charge is 2.30. The Hall–Kier alpha value is -1.21. The molecule has 0 saturated heterocycles. The van der Waals surface area contributed by atoms with Gasteiger partial charge in [-0.2, -0.15) is 13.2 Å². The van der Waals surface area contributed by atoms with Crippen LogP contribution in [0.15, 0.2) is 24.3 Å². The molecule has 21 heavy (non-hydrogen) atoms. The number of nitrogens with one attached hydrogen (secondary N) is 1. The molecule has 0 fully saturated rings. The Morgan fingerprint density at radius 2 is 1.76 bits per heavy atom. The van der Waals surface area contributed by atoms with Gasteiger partial charge in [0.15, 0.2) is 0 Å². The van der Waals surface area contributed by atoms with E-state index >= 15 is 0 Å². The van der Waals surface area contributed by atoms with Crippen molar-refractivity contribution in [2.45, 2.75) is 32.0 Å². The van der Waals surface area contributed by atoms with Crippen LogP contribution in [0.3, 0.4) is 0 Å². The Labute approximate surface area is 120 Å². The molecule has 2 nitrogen and oxygen atoms in total. The summed E-state index contributed by atoms with van der Waals surface area (Å²) in [6.07, 6.45) is -6.48. The predicted molar refractivity (Wildman–Crippen MR) is 69.3 cm³/mol. The van der Waals surface area contributed by atoms with Gasteiger partial charge in [-0.3, -0.25) is 0 Å². The average molecular weight is 311 g/mol. The van der Waals surface area contributed by atoms with Gasteiger partial charge in [-0.1, -0.05) is 19.1 Å². The predicted octanol–water partition coefficient (Wildman–Crippen LogP) is 4.03. The van der Waals surface area contributed by atoms with E-state index in [4.69, 9.17) is 4.74 Å². The Bertz CT molecular complexity index is 405. The molecule has 0 saturated carbocycles. The molecule has 0 radical (unpaired) electrons. The summed E-state index contributed by atoms with van der Waals surface area (Å²) in [5.74, 6) is 0. The van der Waals surface area contributed by atoms with Gasteiger partial charge >= 0.3 is 6.18 Å². The van der Waals surface area contributed by atoms with Gasteiger partial charge in [-0.25, -0.2) is 8.78 Å². The third-order valence-corrected chi connectivity index (χ3v) is 2.89. The van der Waals surface area contributed by atoms with E-state index < -0.39 is 24.8 Å². The van der Waals surface area contributed by atoms with Crippen LogP contribution in [0.25, 0.3) is 0 Å². The molecule has 1 aromatic rings. The molecule has 0 spiro atoms. The first kappa shape index (κ1) is 17.8. The molecular formula is C14H18F5NO. The molecule has 0 amide bonds. The van der Waals surface area contributed by atoms with Crippen molar-refractivity contribution >= 4 is 0 Å². The third-order valence-electron chi connectivity index (χ3n) is 2.89. The zero-order valence-electron chi connectivity index (χ0n) is 11.6. The first-order chi connectivity index (χ1) is 9.84. The minimum Gasteiger partial charge on any atom is -0.375 e. The fourth-order valence-electron chi connectivity index (χ4n) is 1.91. The van der Waals surface area contributed by atoms with E-state index in [9.17, 15) is 22.0 Å². The second-order valence-corrected chi connectivity index (χ2v) is 4.48. The van der Waals surface area contributed by atoms with Crippen molar-refractivity contribution in [3.8, 4) is 0 Å². The molecule has 0 aliphatic rings. The van der Waals surface area contributed by atoms with Crippen LogP contribution in [0, 0.1) is 0 Å². The minimum absolute atomic E-state index is 0.114. The Kier molecular flexibility index (Phi) is 7.04. The van der Waals surface area contributed by atoms with Crippen molar-refractivity contribution < 1.29 is 26.7 Å². The molecule has 1 rings (SSSR count). The largest absolute Gasteiger partial charge is 0.416 e. The number of ether oxygens (including phenoxy) is 1. The number of hydrogen-bond acceptors (Lipinski definition) is 2. The minimum atomic E-state index is -4.37. The SMILES string of the molecule is CCNC(CCOCC(F)F)c1ccc(C(F)(F)F)cc1. The lowest BCUT2D eigenvalue weighted by Crippen LogP contribution is -2.23. The van der Waals surface area contributed by atoms with Gasteiger partial charge in [0.05, 0.1) is 5.56 Å². The van der Waals surface area contributed by atoms with E-state index in [0.717, 1.165) is 12.1 Å². The summed E-state index contributed by atoms with van der Waals surface area (Å²) in [6.45, 7) is 1.95. The highest BCUT2D eigenvalue weighted by atomic mass is 19.4. The summed E-state index contributed by atoms with van der Waals surface area (Å²) in [6, 6.07) is 4.58. The van der Waals surface area contributed by atoms with Crippen LogP contribution in [0.4, 0.5) is 22.0 Å². The van der Waals surface area contributed by atoms with Crippen LogP contribution in [0.2, 0.25) is 0 Å². The molecule has 1 atom stereocenters. The fourth-order valence-corrected chi connectivity index (χ4v) is 1.91. The van der Waals surface area contributed by atoms with Gasteiger partial charge in [0.25, 0.3) is 6.43 Å². The second kappa shape index (κ2) is 8.29. The lowest BCUT2D eigenvalue weighted by atomic mass is 10.0. The van der Waals surface area contributed by atoms with Crippen LogP contribution in [0.5, 0.6) is 0 Å². The number of rotatable bonds is 8. The fraction of sp³-hybridized carbons (Fsp3) is 0.571. The molecule has 1 unspecified atom stereocenters. The van der Waals surface area contributed by atoms with Gasteiger partial charge in [0.1, 0.15) is 6.61 Å². The van der Waals surface area contributed by atoms with E-state index in [-0.39, 0.29) is 12.6 Å². The smallest absolute Gasteiger partial charge is 0.375 e. The van der Waals surface area contributed by atoms with E-state index in [0.29, 0.717) is 18.5 Å². The van der Waals surface area contributed by atoms with Gasteiger partial charge in [-0.15, -0.1) is 0 Å². The molecule has 120 valence electrons. The highest BCUT2D eigenvalue weighted by molar-refractivity contribution is 5.26. The summed E-state index contributed by atoms with van der Waals surface area (Å²) >= 11 is 0. The van der Waals surface area contributed by atoms with E-state index in [2.05, 4.69) is 5.32 Å². The lowest BCUT2D eigenvalue weighted by Gasteiger charge is -2.19. The number of alkyl halides is 5. The molecule has 1 N–H and O–H groups in total. The quantitative estimate of drug-likeness (QED) is 0.578. The Morgan fingerprint density at radius 1 is 1.14 bits per heavy atom. The number of benzene rings is 1. The molecule has 0 aliphatic carbocycles. The van der Waals surface area contributed by atoms with Crippen LogP contribution >= 0.6 is 0 Å². The van der Waals surface area contributed by atoms with Gasteiger partial charge < -0.3 is 10.1 Å². The summed E-state index contributed by atoms with van der Waals surface area (Å²) in [7, 11) is 0. The maximum absolute atomic E-state index is 12.5. The number of hydrogen-bond donors (Lipinski definition) is 1. The van der Waals surface area contributed by atoms with Crippen LogP contribution in [0.1, 0.15) is 30.5 Å². The Balaban J connectivity index is 2.63. The number of halogens is 5. The summed E-state index contributed by atoms with van der Waals surface area (Å²) in [5.41, 5.74) is -0.0408. The third kappa shape index (κ3) is 6.39. The first-order valence-corrected chi connectivity index (χ1v) is 6.61. The van der Waals surface area contributed by atoms with Crippen molar-refractivity contribution in [2.24, 2.45) is 0 Å². The average Bonchev–Trinajstić information content (AvgIpc) is 2.41. The van der Waals surface area contributed by atoms with Crippen molar-refractivity contribution in [2.75, 3.05) is 19.8 Å². The lowest BCUT2D eigenvalue weighted by molar-refractivity contribution is -0.137. The molecular weight excluding hydrogens is 293 g/mol. The maximum Gasteiger partial charge on any atom is 0.416 e. The monoisotopic (exact) mass is 311 g/mol.